The molecule has 4 aromatic rings. The fourth-order valence-electron chi connectivity index (χ4n) is 7.94. The maximum atomic E-state index is 13.9. The number of cyclic esters (lactones) is 2. The summed E-state index contributed by atoms with van der Waals surface area (Å²) in [7, 11) is -8.05. The molecule has 11 heteroatoms. The van der Waals surface area contributed by atoms with Crippen molar-refractivity contribution in [2.24, 2.45) is 0 Å². The minimum atomic E-state index is -6.00. The van der Waals surface area contributed by atoms with Gasteiger partial charge in [0.15, 0.2) is 0 Å². The topological polar surface area (TPSA) is 43.4 Å². The molecule has 0 spiro atoms. The van der Waals surface area contributed by atoms with Gasteiger partial charge in [-0.2, -0.15) is 0 Å². The molecule has 0 radical (unpaired) electrons. The van der Waals surface area contributed by atoms with E-state index in [0.29, 0.717) is 0 Å². The first-order valence-electron chi connectivity index (χ1n) is 18.6. The van der Waals surface area contributed by atoms with E-state index >= 15 is 0 Å². The third-order valence-electron chi connectivity index (χ3n) is 10.2. The Morgan fingerprint density at radius 1 is 0.436 bits per heavy atom. The number of hydrogen-bond acceptors (Lipinski definition) is 3. The number of halogens is 4. The van der Waals surface area contributed by atoms with Crippen LogP contribution in [0.2, 0.25) is 0 Å². The Kier molecular flexibility index (Phi) is 16.0. The molecule has 0 bridgehead atoms. The molecule has 55 heavy (non-hydrogen) atoms. The maximum absolute atomic E-state index is 13.9. The summed E-state index contributed by atoms with van der Waals surface area (Å²) >= 11 is 0. The number of benzene rings is 4. The van der Waals surface area contributed by atoms with E-state index in [4.69, 9.17) is 4.74 Å². The first-order chi connectivity index (χ1) is 26.2. The molecule has 3 heterocycles. The minimum absolute atomic E-state index is 0. The zero-order valence-electron chi connectivity index (χ0n) is 30.4. The second kappa shape index (κ2) is 20.6. The maximum Gasteiger partial charge on any atom is 1.00 e. The summed E-state index contributed by atoms with van der Waals surface area (Å²) in [5.41, 5.74) is 5.88. The van der Waals surface area contributed by atoms with Gasteiger partial charge in [-0.05, 0) is 73.6 Å². The van der Waals surface area contributed by atoms with Crippen molar-refractivity contribution in [2.45, 2.75) is 74.0 Å². The molecule has 4 aliphatic rings. The summed E-state index contributed by atoms with van der Waals surface area (Å²) in [4.78, 5) is 27.8. The standard InChI is InChI=1S/C36H32O3P2.C8H12.BF4.Rh/c37-35-33(40-29(25-13-5-1-6-14-25)21-22-30(40)26-15-7-2-8-16-26)34(36(38)39-35)41-31(27-17-9-3-10-18-27)23-24-32(41)28-19-11-4-12-20-28;1-2-4-6-8-7-5-3-1;2-1(3,4)5;/h1-20,29-32H,21-24H2;1-2,7-8H,3-6H2;;/q;;-1;+1/t29-,30-,31-,32-;;;/m0.../s1. The van der Waals surface area contributed by atoms with E-state index in [1.807, 2.05) is 24.3 Å². The number of carbonyl (C=O) groups is 2. The molecule has 0 unspecified atom stereocenters. The predicted octanol–water partition coefficient (Wildman–Crippen LogP) is 13.8. The molecule has 0 saturated carbocycles. The van der Waals surface area contributed by atoms with E-state index in [-0.39, 0.29) is 42.1 Å². The van der Waals surface area contributed by atoms with Crippen molar-refractivity contribution in [2.75, 3.05) is 0 Å². The van der Waals surface area contributed by atoms with Gasteiger partial charge in [0.2, 0.25) is 0 Å². The Labute approximate surface area is 337 Å². The van der Waals surface area contributed by atoms with Crippen molar-refractivity contribution in [3.8, 4) is 0 Å². The van der Waals surface area contributed by atoms with E-state index in [1.54, 1.807) is 0 Å². The van der Waals surface area contributed by atoms with Crippen LogP contribution >= 0.6 is 15.8 Å². The normalized spacial score (nSPS) is 22.8. The van der Waals surface area contributed by atoms with E-state index < -0.39 is 35.0 Å². The molecular weight excluding hydrogens is 828 g/mol. The monoisotopic (exact) mass is 872 g/mol. The molecule has 8 rings (SSSR count). The Morgan fingerprint density at radius 3 is 0.873 bits per heavy atom. The average molecular weight is 872 g/mol. The van der Waals surface area contributed by atoms with Crippen molar-refractivity contribution >= 4 is 35.0 Å². The molecular formula is C44H44BF4O3P2Rh. The quantitative estimate of drug-likeness (QED) is 0.0484. The summed E-state index contributed by atoms with van der Waals surface area (Å²) in [6.45, 7) is 0. The summed E-state index contributed by atoms with van der Waals surface area (Å²) < 4.78 is 44.6. The fourth-order valence-corrected chi connectivity index (χ4v) is 15.6. The van der Waals surface area contributed by atoms with E-state index in [2.05, 4.69) is 121 Å². The predicted molar refractivity (Wildman–Crippen MR) is 214 cm³/mol. The van der Waals surface area contributed by atoms with Gasteiger partial charge in [0.1, 0.15) is 0 Å². The van der Waals surface area contributed by atoms with Gasteiger partial charge in [0.05, 0.1) is 10.6 Å². The summed E-state index contributed by atoms with van der Waals surface area (Å²) in [5.74, 6) is -0.791. The number of allylic oxidation sites excluding steroid dienone is 4. The van der Waals surface area contributed by atoms with Crippen molar-refractivity contribution in [3.05, 3.63) is 179 Å². The Balaban J connectivity index is 0.000000355. The number of ether oxygens (including phenoxy) is 1. The van der Waals surface area contributed by atoms with Gasteiger partial charge in [-0.15, -0.1) is 0 Å². The molecule has 2 saturated heterocycles. The van der Waals surface area contributed by atoms with Crippen LogP contribution < -0.4 is 0 Å². The van der Waals surface area contributed by atoms with Crippen LogP contribution in [-0.4, -0.2) is 19.2 Å². The molecule has 1 aliphatic carbocycles. The number of esters is 2. The van der Waals surface area contributed by atoms with Crippen LogP contribution in [0.25, 0.3) is 0 Å². The van der Waals surface area contributed by atoms with Crippen LogP contribution in [0.15, 0.2) is 156 Å². The van der Waals surface area contributed by atoms with Gasteiger partial charge in [0, 0.05) is 22.6 Å². The summed E-state index contributed by atoms with van der Waals surface area (Å²) in [6, 6.07) is 42.4. The van der Waals surface area contributed by atoms with Crippen LogP contribution in [0.1, 0.15) is 96.3 Å². The van der Waals surface area contributed by atoms with Crippen LogP contribution in [0.5, 0.6) is 0 Å². The Morgan fingerprint density at radius 2 is 0.655 bits per heavy atom. The SMILES string of the molecule is C1=CCCC=CCC1.F[B-](F)(F)F.O=C1OC(=O)C(P2[C@H](c3ccccc3)CC[C@H]2c2ccccc2)=C1P1[C@H](c2ccccc2)CC[C@H]1c1ccccc1.[Rh+]. The van der Waals surface area contributed by atoms with Gasteiger partial charge in [0.25, 0.3) is 0 Å². The third kappa shape index (κ3) is 11.3. The Bertz CT molecular complexity index is 1680. The smallest absolute Gasteiger partial charge is 0.418 e. The van der Waals surface area contributed by atoms with Crippen molar-refractivity contribution in [1.82, 2.24) is 0 Å². The average Bonchev–Trinajstić information content (AvgIpc) is 3.87. The number of rotatable bonds is 6. The molecule has 4 atom stereocenters. The van der Waals surface area contributed by atoms with E-state index in [0.717, 1.165) is 36.3 Å². The second-order valence-corrected chi connectivity index (χ2v) is 18.7. The first kappa shape index (κ1) is 42.6. The molecule has 0 aromatic heterocycles. The van der Waals surface area contributed by atoms with Gasteiger partial charge in [-0.1, -0.05) is 161 Å². The minimum Gasteiger partial charge on any atom is -0.418 e. The van der Waals surface area contributed by atoms with Gasteiger partial charge < -0.3 is 22.0 Å². The molecule has 0 N–H and O–H groups in total. The Hall–Kier alpha value is -3.49. The molecule has 3 nitrogen and oxygen atoms in total. The van der Waals surface area contributed by atoms with Crippen LogP contribution in [0.4, 0.5) is 17.3 Å². The van der Waals surface area contributed by atoms with Crippen molar-refractivity contribution < 1.29 is 51.1 Å². The van der Waals surface area contributed by atoms with Gasteiger partial charge in [-0.3, -0.25) is 0 Å². The molecule has 2 fully saturated rings. The molecule has 0 amide bonds. The number of hydrogen-bond donors (Lipinski definition) is 0. The van der Waals surface area contributed by atoms with Crippen LogP contribution in [0.3, 0.4) is 0 Å². The molecule has 4 aromatic carbocycles. The van der Waals surface area contributed by atoms with Crippen molar-refractivity contribution in [1.29, 1.82) is 0 Å². The second-order valence-electron chi connectivity index (χ2n) is 13.6. The zero-order chi connectivity index (χ0) is 37.9. The number of carbonyl (C=O) groups excluding carboxylic acids is 2. The summed E-state index contributed by atoms with van der Waals surface area (Å²) in [5, 5.41) is 1.44. The van der Waals surface area contributed by atoms with Crippen LogP contribution in [0, 0.1) is 0 Å². The van der Waals surface area contributed by atoms with Crippen molar-refractivity contribution in [3.63, 3.8) is 0 Å². The zero-order valence-corrected chi connectivity index (χ0v) is 33.8. The van der Waals surface area contributed by atoms with Gasteiger partial charge in [-0.25, -0.2) is 9.59 Å². The summed E-state index contributed by atoms with van der Waals surface area (Å²) in [6.07, 6.45) is 18.0. The molecule has 288 valence electrons. The van der Waals surface area contributed by atoms with Crippen LogP contribution in [-0.2, 0) is 33.8 Å². The fraction of sp³-hybridized carbons (Fsp3) is 0.273. The van der Waals surface area contributed by atoms with E-state index in [9.17, 15) is 26.9 Å². The first-order valence-corrected chi connectivity index (χ1v) is 21.6. The van der Waals surface area contributed by atoms with Gasteiger partial charge >= 0.3 is 38.7 Å². The largest absolute Gasteiger partial charge is 1.00 e. The third-order valence-corrected chi connectivity index (χ3v) is 17.1. The van der Waals surface area contributed by atoms with E-state index in [1.165, 1.54) is 47.9 Å². The molecule has 3 aliphatic heterocycles.